The highest BCUT2D eigenvalue weighted by molar-refractivity contribution is 6.34. The summed E-state index contributed by atoms with van der Waals surface area (Å²) in [6.07, 6.45) is 2.29. The summed E-state index contributed by atoms with van der Waals surface area (Å²) in [5.74, 6) is 0.793. The lowest BCUT2D eigenvalue weighted by atomic mass is 10.1. The summed E-state index contributed by atoms with van der Waals surface area (Å²) in [7, 11) is 1.90. The Hall–Kier alpha value is -4.05. The Labute approximate surface area is 251 Å². The number of carbonyl (C=O) groups excluding carboxylic acids is 2. The van der Waals surface area contributed by atoms with Crippen LogP contribution in [0.15, 0.2) is 42.6 Å². The van der Waals surface area contributed by atoms with Crippen LogP contribution in [-0.4, -0.2) is 71.4 Å². The van der Waals surface area contributed by atoms with Crippen LogP contribution in [-0.2, 0) is 4.74 Å². The minimum atomic E-state index is -0.499. The van der Waals surface area contributed by atoms with Crippen molar-refractivity contribution in [2.45, 2.75) is 58.7 Å². The maximum absolute atomic E-state index is 13.4. The zero-order chi connectivity index (χ0) is 29.9. The van der Waals surface area contributed by atoms with E-state index in [1.807, 2.05) is 62.7 Å². The number of likely N-dealkylation sites (tertiary alicyclic amines) is 1. The molecule has 0 unspecified atom stereocenters. The fraction of sp³-hybridized carbons (Fsp3) is 0.419. The van der Waals surface area contributed by atoms with Crippen LogP contribution < -0.4 is 20.0 Å². The van der Waals surface area contributed by atoms with E-state index < -0.39 is 5.60 Å². The molecule has 2 fully saturated rings. The van der Waals surface area contributed by atoms with Crippen LogP contribution in [0, 0.1) is 13.8 Å². The quantitative estimate of drug-likeness (QED) is 0.412. The van der Waals surface area contributed by atoms with Gasteiger partial charge in [-0.2, -0.15) is 4.98 Å². The lowest BCUT2D eigenvalue weighted by Gasteiger charge is -2.37. The number of hydrogen-bond acceptors (Lipinski definition) is 8. The number of para-hydroxylation sites is 1. The van der Waals surface area contributed by atoms with Gasteiger partial charge in [0.05, 0.1) is 23.4 Å². The van der Waals surface area contributed by atoms with Gasteiger partial charge in [0, 0.05) is 43.8 Å². The molecule has 2 atom stereocenters. The molecule has 3 aliphatic heterocycles. The first kappa shape index (κ1) is 28.1. The summed E-state index contributed by atoms with van der Waals surface area (Å²) in [5.41, 5.74) is 4.67. The monoisotopic (exact) mass is 589 g/mol. The Balaban J connectivity index is 1.15. The zero-order valence-electron chi connectivity index (χ0n) is 24.8. The summed E-state index contributed by atoms with van der Waals surface area (Å²) in [4.78, 5) is 43.1. The minimum Gasteiger partial charge on any atom is -0.444 e. The van der Waals surface area contributed by atoms with E-state index >= 15 is 0 Å². The van der Waals surface area contributed by atoms with Crippen LogP contribution in [0.25, 0.3) is 0 Å². The molecule has 4 heterocycles. The fourth-order valence-electron chi connectivity index (χ4n) is 6.19. The lowest BCUT2D eigenvalue weighted by Crippen LogP contribution is -2.50. The van der Waals surface area contributed by atoms with Gasteiger partial charge in [-0.15, -0.1) is 0 Å². The van der Waals surface area contributed by atoms with Crippen LogP contribution in [0.1, 0.15) is 48.7 Å². The molecule has 2 bridgehead atoms. The van der Waals surface area contributed by atoms with E-state index in [2.05, 4.69) is 39.2 Å². The molecule has 2 saturated heterocycles. The molecule has 0 spiro atoms. The van der Waals surface area contributed by atoms with Crippen LogP contribution in [0.3, 0.4) is 0 Å². The molecular formula is C31H36ClN7O3. The van der Waals surface area contributed by atoms with Gasteiger partial charge < -0.3 is 24.8 Å². The smallest absolute Gasteiger partial charge is 0.410 e. The molecule has 1 N–H and O–H groups in total. The fourth-order valence-corrected chi connectivity index (χ4v) is 6.52. The molecule has 0 aliphatic carbocycles. The third kappa shape index (κ3) is 5.08. The average Bonchev–Trinajstić information content (AvgIpc) is 3.52. The molecule has 0 radical (unpaired) electrons. The predicted octanol–water partition coefficient (Wildman–Crippen LogP) is 5.74. The van der Waals surface area contributed by atoms with Crippen molar-refractivity contribution in [3.8, 4) is 0 Å². The van der Waals surface area contributed by atoms with Crippen molar-refractivity contribution >= 4 is 52.4 Å². The summed E-state index contributed by atoms with van der Waals surface area (Å²) < 4.78 is 5.61. The number of aromatic nitrogens is 2. The molecule has 10 nitrogen and oxygen atoms in total. The van der Waals surface area contributed by atoms with Crippen LogP contribution in [0.2, 0.25) is 5.02 Å². The summed E-state index contributed by atoms with van der Waals surface area (Å²) in [5, 5.41) is 3.83. The standard InChI is InChI=1S/C31H36ClN7O3/c1-18-8-7-9-24(32)26(18)39-17-36(6)27-23(28(39)40)14-33-29(35-27)34-20-10-11-25(19(2)12-20)37-15-22-13-21(37)16-38(22)30(41)42-31(3,4)5/h7-12,14,21-22H,13,15-17H2,1-6H3,(H,33,34,35)/t21-,22-/m0/s1. The maximum atomic E-state index is 13.4. The summed E-state index contributed by atoms with van der Waals surface area (Å²) in [6.45, 7) is 11.5. The van der Waals surface area contributed by atoms with Crippen molar-refractivity contribution in [3.05, 3.63) is 64.3 Å². The van der Waals surface area contributed by atoms with Gasteiger partial charge in [0.2, 0.25) is 5.95 Å². The highest BCUT2D eigenvalue weighted by atomic mass is 35.5. The van der Waals surface area contributed by atoms with E-state index in [-0.39, 0.29) is 24.1 Å². The van der Waals surface area contributed by atoms with Crippen molar-refractivity contribution < 1.29 is 14.3 Å². The second-order valence-electron chi connectivity index (χ2n) is 12.4. The van der Waals surface area contributed by atoms with Gasteiger partial charge in [-0.25, -0.2) is 9.78 Å². The predicted molar refractivity (Wildman–Crippen MR) is 165 cm³/mol. The van der Waals surface area contributed by atoms with Crippen molar-refractivity contribution in [3.63, 3.8) is 0 Å². The number of hydrogen-bond donors (Lipinski definition) is 1. The Morgan fingerprint density at radius 2 is 1.88 bits per heavy atom. The van der Waals surface area contributed by atoms with E-state index in [1.165, 1.54) is 0 Å². The minimum absolute atomic E-state index is 0.156. The van der Waals surface area contributed by atoms with Crippen molar-refractivity contribution in [2.24, 2.45) is 0 Å². The Morgan fingerprint density at radius 3 is 2.55 bits per heavy atom. The molecular weight excluding hydrogens is 554 g/mol. The number of rotatable bonds is 4. The number of carbonyl (C=O) groups is 2. The third-order valence-corrected chi connectivity index (χ3v) is 8.35. The third-order valence-electron chi connectivity index (χ3n) is 8.05. The van der Waals surface area contributed by atoms with E-state index in [0.29, 0.717) is 41.3 Å². The number of nitrogens with zero attached hydrogens (tertiary/aromatic N) is 6. The number of nitrogens with one attached hydrogen (secondary N) is 1. The van der Waals surface area contributed by atoms with Gasteiger partial charge in [-0.05, 0) is 76.4 Å². The van der Waals surface area contributed by atoms with Crippen molar-refractivity contribution in [1.29, 1.82) is 0 Å². The highest BCUT2D eigenvalue weighted by Crippen LogP contribution is 2.38. The van der Waals surface area contributed by atoms with Gasteiger partial charge >= 0.3 is 6.09 Å². The zero-order valence-corrected chi connectivity index (χ0v) is 25.6. The first-order valence-electron chi connectivity index (χ1n) is 14.2. The molecule has 220 valence electrons. The molecule has 11 heteroatoms. The maximum Gasteiger partial charge on any atom is 0.410 e. The van der Waals surface area contributed by atoms with Crippen LogP contribution in [0.4, 0.5) is 33.6 Å². The number of halogens is 1. The van der Waals surface area contributed by atoms with Gasteiger partial charge in [-0.3, -0.25) is 9.69 Å². The van der Waals surface area contributed by atoms with Gasteiger partial charge in [0.15, 0.2) is 0 Å². The molecule has 1 aromatic heterocycles. The average molecular weight is 590 g/mol. The van der Waals surface area contributed by atoms with Crippen LogP contribution >= 0.6 is 11.6 Å². The second-order valence-corrected chi connectivity index (χ2v) is 12.8. The number of fused-ring (bicyclic) bond motifs is 3. The number of piperazine rings is 1. The number of aryl methyl sites for hydroxylation is 2. The van der Waals surface area contributed by atoms with Crippen molar-refractivity contribution in [1.82, 2.24) is 14.9 Å². The van der Waals surface area contributed by atoms with Gasteiger partial charge in [0.25, 0.3) is 5.91 Å². The van der Waals surface area contributed by atoms with Crippen LogP contribution in [0.5, 0.6) is 0 Å². The van der Waals surface area contributed by atoms with Gasteiger partial charge in [-0.1, -0.05) is 23.7 Å². The Bertz CT molecular complexity index is 1550. The SMILES string of the molecule is Cc1cc(Nc2ncc3c(n2)N(C)CN(c2c(C)cccc2Cl)C3=O)ccc1N1C[C@@H]2C[C@H]1CN2C(=O)OC(C)(C)C. The number of anilines is 5. The Kier molecular flexibility index (Phi) is 6.92. The summed E-state index contributed by atoms with van der Waals surface area (Å²) >= 11 is 6.46. The topological polar surface area (TPSA) is 94.1 Å². The number of ether oxygens (including phenoxy) is 1. The second kappa shape index (κ2) is 10.3. The molecule has 2 aromatic carbocycles. The lowest BCUT2D eigenvalue weighted by molar-refractivity contribution is 0.0214. The first-order chi connectivity index (χ1) is 19.9. The molecule has 2 amide bonds. The first-order valence-corrected chi connectivity index (χ1v) is 14.6. The largest absolute Gasteiger partial charge is 0.444 e. The molecule has 3 aliphatic rings. The number of amides is 2. The molecule has 3 aromatic rings. The molecule has 6 rings (SSSR count). The van der Waals surface area contributed by atoms with Crippen molar-refractivity contribution in [2.75, 3.05) is 46.8 Å². The van der Waals surface area contributed by atoms with E-state index in [4.69, 9.17) is 16.3 Å². The molecule has 42 heavy (non-hydrogen) atoms. The normalized spacial score (nSPS) is 19.8. The molecule has 0 saturated carbocycles. The van der Waals surface area contributed by atoms with E-state index in [0.717, 1.165) is 35.5 Å². The van der Waals surface area contributed by atoms with E-state index in [1.54, 1.807) is 17.2 Å². The highest BCUT2D eigenvalue weighted by Gasteiger charge is 2.46. The summed E-state index contributed by atoms with van der Waals surface area (Å²) in [6, 6.07) is 12.2. The number of benzene rings is 2. The van der Waals surface area contributed by atoms with E-state index in [9.17, 15) is 9.59 Å². The van der Waals surface area contributed by atoms with Gasteiger partial charge in [0.1, 0.15) is 17.0 Å². The Morgan fingerprint density at radius 1 is 1.10 bits per heavy atom.